The van der Waals surface area contributed by atoms with Gasteiger partial charge in [0.25, 0.3) is 10.0 Å². The number of alkyl halides is 3. The Morgan fingerprint density at radius 2 is 2.00 bits per heavy atom. The van der Waals surface area contributed by atoms with E-state index in [9.17, 15) is 26.4 Å². The van der Waals surface area contributed by atoms with Crippen molar-refractivity contribution >= 4 is 33.4 Å². The van der Waals surface area contributed by atoms with Crippen LogP contribution < -0.4 is 10.0 Å². The molecule has 0 aliphatic heterocycles. The molecule has 0 amide bonds. The number of anilines is 1. The molecule has 0 atom stereocenters. The molecule has 0 aromatic carbocycles. The van der Waals surface area contributed by atoms with E-state index in [2.05, 4.69) is 19.8 Å². The number of esters is 1. The zero-order valence-corrected chi connectivity index (χ0v) is 16.2. The highest BCUT2D eigenvalue weighted by atomic mass is 35.5. The topological polar surface area (TPSA) is 102 Å². The van der Waals surface area contributed by atoms with Gasteiger partial charge >= 0.3 is 12.1 Å². The highest BCUT2D eigenvalue weighted by molar-refractivity contribution is 7.89. The van der Waals surface area contributed by atoms with Crippen LogP contribution in [-0.4, -0.2) is 44.1 Å². The summed E-state index contributed by atoms with van der Waals surface area (Å²) in [5.74, 6) is -1.18. The number of nitrogens with zero attached hydrogens (tertiary/aromatic N) is 2. The standard InChI is InChI=1S/C15H16ClF3N4O4S/c1-23-11(14(24)27-2)3-4-12(23)28(25,26)22-6-5-20-13-10(15(17,18)19)7-9(16)8-21-13/h3-4,7-8,22H,5-6H2,1-2H3,(H,20,21). The molecule has 2 aromatic heterocycles. The number of aromatic nitrogens is 2. The summed E-state index contributed by atoms with van der Waals surface area (Å²) in [5, 5.41) is 2.04. The second-order valence-electron chi connectivity index (χ2n) is 5.48. The van der Waals surface area contributed by atoms with Crippen molar-refractivity contribution in [1.82, 2.24) is 14.3 Å². The van der Waals surface area contributed by atoms with Crippen LogP contribution in [0.4, 0.5) is 19.0 Å². The molecule has 28 heavy (non-hydrogen) atoms. The minimum absolute atomic E-state index is 0.0289. The minimum Gasteiger partial charge on any atom is -0.464 e. The molecule has 13 heteroatoms. The molecular formula is C15H16ClF3N4O4S. The van der Waals surface area contributed by atoms with Crippen molar-refractivity contribution in [2.24, 2.45) is 7.05 Å². The summed E-state index contributed by atoms with van der Waals surface area (Å²) < 4.78 is 71.6. The monoisotopic (exact) mass is 440 g/mol. The quantitative estimate of drug-likeness (QED) is 0.506. The summed E-state index contributed by atoms with van der Waals surface area (Å²) in [7, 11) is -1.48. The predicted octanol–water partition coefficient (Wildman–Crippen LogP) is 2.27. The molecule has 8 nitrogen and oxygen atoms in total. The van der Waals surface area contributed by atoms with E-state index in [1.807, 2.05) is 0 Å². The maximum absolute atomic E-state index is 13.0. The van der Waals surface area contributed by atoms with Crippen LogP contribution in [0.2, 0.25) is 5.02 Å². The number of carbonyl (C=O) groups excluding carboxylic acids is 1. The minimum atomic E-state index is -4.67. The molecule has 2 N–H and O–H groups in total. The van der Waals surface area contributed by atoms with Gasteiger partial charge in [-0.1, -0.05) is 11.6 Å². The summed E-state index contributed by atoms with van der Waals surface area (Å²) in [5.41, 5.74) is -1.03. The van der Waals surface area contributed by atoms with Crippen LogP contribution in [0.3, 0.4) is 0 Å². The summed E-state index contributed by atoms with van der Waals surface area (Å²) in [6.45, 7) is -0.409. The van der Waals surface area contributed by atoms with E-state index in [4.69, 9.17) is 11.6 Å². The Hall–Kier alpha value is -2.31. The van der Waals surface area contributed by atoms with E-state index in [1.54, 1.807) is 0 Å². The first-order valence-corrected chi connectivity index (χ1v) is 9.54. The van der Waals surface area contributed by atoms with Crippen molar-refractivity contribution in [3.63, 3.8) is 0 Å². The van der Waals surface area contributed by atoms with Gasteiger partial charge < -0.3 is 14.6 Å². The largest absolute Gasteiger partial charge is 0.464 e. The number of rotatable bonds is 7. The Bertz CT molecular complexity index is 976. The van der Waals surface area contributed by atoms with Gasteiger partial charge in [-0.3, -0.25) is 0 Å². The zero-order chi connectivity index (χ0) is 21.1. The maximum Gasteiger partial charge on any atom is 0.420 e. The van der Waals surface area contributed by atoms with Gasteiger partial charge in [-0.2, -0.15) is 13.2 Å². The Morgan fingerprint density at radius 1 is 1.32 bits per heavy atom. The van der Waals surface area contributed by atoms with Gasteiger partial charge in [0, 0.05) is 26.3 Å². The molecule has 0 fully saturated rings. The summed E-state index contributed by atoms with van der Waals surface area (Å²) >= 11 is 5.54. The predicted molar refractivity (Wildman–Crippen MR) is 94.7 cm³/mol. The second kappa shape index (κ2) is 8.37. The van der Waals surface area contributed by atoms with Crippen molar-refractivity contribution < 1.29 is 31.1 Å². The molecule has 0 bridgehead atoms. The van der Waals surface area contributed by atoms with E-state index in [-0.39, 0.29) is 28.8 Å². The lowest BCUT2D eigenvalue weighted by atomic mass is 10.2. The molecule has 2 heterocycles. The van der Waals surface area contributed by atoms with Crippen LogP contribution in [0, 0.1) is 0 Å². The van der Waals surface area contributed by atoms with Crippen molar-refractivity contribution in [3.8, 4) is 0 Å². The van der Waals surface area contributed by atoms with Crippen molar-refractivity contribution in [2.45, 2.75) is 11.2 Å². The molecule has 0 aliphatic rings. The number of nitrogens with one attached hydrogen (secondary N) is 2. The molecule has 0 radical (unpaired) electrons. The van der Waals surface area contributed by atoms with Crippen molar-refractivity contribution in [3.05, 3.63) is 40.7 Å². The van der Waals surface area contributed by atoms with E-state index in [1.165, 1.54) is 19.2 Å². The van der Waals surface area contributed by atoms with Gasteiger partial charge in [0.1, 0.15) is 11.5 Å². The molecule has 0 saturated heterocycles. The Labute approximate surface area is 163 Å². The highest BCUT2D eigenvalue weighted by Crippen LogP contribution is 2.35. The smallest absolute Gasteiger partial charge is 0.420 e. The lowest BCUT2D eigenvalue weighted by Gasteiger charge is -2.14. The lowest BCUT2D eigenvalue weighted by Crippen LogP contribution is -2.31. The van der Waals surface area contributed by atoms with Crippen LogP contribution in [0.25, 0.3) is 0 Å². The van der Waals surface area contributed by atoms with E-state index in [0.29, 0.717) is 0 Å². The van der Waals surface area contributed by atoms with Crippen LogP contribution in [0.1, 0.15) is 16.1 Å². The number of hydrogen-bond acceptors (Lipinski definition) is 6. The number of ether oxygens (including phenoxy) is 1. The number of methoxy groups -OCH3 is 1. The number of sulfonamides is 1. The van der Waals surface area contributed by atoms with Crippen LogP contribution >= 0.6 is 11.6 Å². The first kappa shape index (κ1) is 22.0. The van der Waals surface area contributed by atoms with Gasteiger partial charge in [-0.05, 0) is 18.2 Å². The third-order valence-corrected chi connectivity index (χ3v) is 5.37. The number of pyridine rings is 1. The van der Waals surface area contributed by atoms with Crippen LogP contribution in [-0.2, 0) is 28.0 Å². The van der Waals surface area contributed by atoms with Crippen LogP contribution in [0.15, 0.2) is 29.4 Å². The molecular weight excluding hydrogens is 425 g/mol. The van der Waals surface area contributed by atoms with E-state index >= 15 is 0 Å². The molecule has 154 valence electrons. The highest BCUT2D eigenvalue weighted by Gasteiger charge is 2.34. The van der Waals surface area contributed by atoms with Gasteiger partial charge in [-0.15, -0.1) is 0 Å². The lowest BCUT2D eigenvalue weighted by molar-refractivity contribution is -0.137. The second-order valence-corrected chi connectivity index (χ2v) is 7.63. The van der Waals surface area contributed by atoms with Crippen molar-refractivity contribution in [1.29, 1.82) is 0 Å². The molecule has 0 spiro atoms. The average molecular weight is 441 g/mol. The third kappa shape index (κ3) is 4.94. The molecule has 0 aliphatic carbocycles. The first-order chi connectivity index (χ1) is 13.0. The summed E-state index contributed by atoms with van der Waals surface area (Å²) in [4.78, 5) is 15.1. The third-order valence-electron chi connectivity index (χ3n) is 3.61. The molecule has 2 aromatic rings. The van der Waals surface area contributed by atoms with Crippen LogP contribution in [0.5, 0.6) is 0 Å². The maximum atomic E-state index is 13.0. The van der Waals surface area contributed by atoms with E-state index in [0.717, 1.165) is 23.9 Å². The molecule has 2 rings (SSSR count). The normalized spacial score (nSPS) is 12.1. The summed E-state index contributed by atoms with van der Waals surface area (Å²) in [6, 6.07) is 3.22. The number of halogens is 4. The first-order valence-electron chi connectivity index (χ1n) is 7.67. The summed E-state index contributed by atoms with van der Waals surface area (Å²) in [6.07, 6.45) is -3.63. The Balaban J connectivity index is 2.05. The molecule has 0 saturated carbocycles. The van der Waals surface area contributed by atoms with Gasteiger partial charge in [0.2, 0.25) is 0 Å². The Kier molecular flexibility index (Phi) is 6.57. The number of hydrogen-bond donors (Lipinski definition) is 2. The zero-order valence-electron chi connectivity index (χ0n) is 14.7. The SMILES string of the molecule is COC(=O)c1ccc(S(=O)(=O)NCCNc2ncc(Cl)cc2C(F)(F)F)n1C. The Morgan fingerprint density at radius 3 is 2.61 bits per heavy atom. The van der Waals surface area contributed by atoms with Crippen molar-refractivity contribution in [2.75, 3.05) is 25.5 Å². The fourth-order valence-electron chi connectivity index (χ4n) is 2.31. The molecule has 0 unspecified atom stereocenters. The fourth-order valence-corrected chi connectivity index (χ4v) is 3.69. The van der Waals surface area contributed by atoms with Gasteiger partial charge in [0.15, 0.2) is 5.03 Å². The van der Waals surface area contributed by atoms with Gasteiger partial charge in [0.05, 0.1) is 17.7 Å². The number of carbonyl (C=O) groups is 1. The van der Waals surface area contributed by atoms with Gasteiger partial charge in [-0.25, -0.2) is 22.9 Å². The van der Waals surface area contributed by atoms with E-state index < -0.39 is 33.6 Å². The average Bonchev–Trinajstić information content (AvgIpc) is 3.00. The fraction of sp³-hybridized carbons (Fsp3) is 0.333.